The average Bonchev–Trinajstić information content (AvgIpc) is 3.36. The number of benzene rings is 4. The van der Waals surface area contributed by atoms with Crippen LogP contribution >= 0.6 is 142 Å². The van der Waals surface area contributed by atoms with Crippen molar-refractivity contribution in [1.29, 1.82) is 0 Å². The smallest absolute Gasteiger partial charge is 0.307 e. The van der Waals surface area contributed by atoms with Crippen LogP contribution in [0.5, 0.6) is 34.8 Å². The fourth-order valence-corrected chi connectivity index (χ4v) is 11.5. The van der Waals surface area contributed by atoms with E-state index in [4.69, 9.17) is 81.4 Å². The Kier molecular flexibility index (Phi) is 30.8. The monoisotopic (exact) mass is 1530 g/mol. The maximum Gasteiger partial charge on any atom is 0.307 e. The molecular formula is C53H54Br6Cl4N6O9. The molecule has 0 aliphatic rings. The van der Waals surface area contributed by atoms with E-state index >= 15 is 0 Å². The Bertz CT molecular complexity index is 3010. The first-order chi connectivity index (χ1) is 36.8. The van der Waals surface area contributed by atoms with Gasteiger partial charge < -0.3 is 40.1 Å². The van der Waals surface area contributed by atoms with E-state index in [-0.39, 0.29) is 49.6 Å². The molecule has 0 bridgehead atoms. The van der Waals surface area contributed by atoms with E-state index in [0.717, 1.165) is 42.3 Å². The number of carboxylic acid groups (broad SMARTS) is 1. The van der Waals surface area contributed by atoms with Crippen LogP contribution in [-0.2, 0) is 30.5 Å². The zero-order chi connectivity index (χ0) is 58.4. The number of aliphatic carboxylic acids is 1. The summed E-state index contributed by atoms with van der Waals surface area (Å²) in [5, 5.41) is 77.9. The lowest BCUT2D eigenvalue weighted by Gasteiger charge is -2.13. The van der Waals surface area contributed by atoms with E-state index in [1.807, 2.05) is 53.7 Å². The minimum atomic E-state index is -0.900. The molecule has 3 heterocycles. The Labute approximate surface area is 523 Å². The lowest BCUT2D eigenvalue weighted by atomic mass is 10.1. The summed E-state index contributed by atoms with van der Waals surface area (Å²) in [5.41, 5.74) is 6.33. The first-order valence-corrected chi connectivity index (χ1v) is 29.6. The normalized spacial score (nSPS) is 10.6. The van der Waals surface area contributed by atoms with Gasteiger partial charge in [0.2, 0.25) is 11.8 Å². The van der Waals surface area contributed by atoms with Gasteiger partial charge in [-0.2, -0.15) is 0 Å². The molecule has 0 fully saturated rings. The number of phenols is 2. The highest BCUT2D eigenvalue weighted by Crippen LogP contribution is 2.40. The van der Waals surface area contributed by atoms with Gasteiger partial charge in [0, 0.05) is 32.0 Å². The molecule has 420 valence electrons. The predicted octanol–water partition coefficient (Wildman–Crippen LogP) is 16.6. The lowest BCUT2D eigenvalue weighted by molar-refractivity contribution is -0.136. The first kappa shape index (κ1) is 69.0. The third-order valence-electron chi connectivity index (χ3n) is 10.2. The summed E-state index contributed by atoms with van der Waals surface area (Å²) in [5.74, 6) is 2.08. The molecule has 4 aromatic carbocycles. The van der Waals surface area contributed by atoms with E-state index in [9.17, 15) is 9.90 Å². The van der Waals surface area contributed by atoms with E-state index < -0.39 is 5.97 Å². The molecule has 0 saturated heterocycles. The van der Waals surface area contributed by atoms with Crippen LogP contribution in [0.2, 0.25) is 20.6 Å². The molecule has 0 aliphatic heterocycles. The highest BCUT2D eigenvalue weighted by atomic mass is 79.9. The van der Waals surface area contributed by atoms with Crippen LogP contribution < -0.4 is 9.47 Å². The maximum absolute atomic E-state index is 10.8. The number of phenolic OH excluding ortho intramolecular Hbond substituents is 2. The largest absolute Gasteiger partial charge is 0.508 e. The SMILES string of the molecule is CC(C)c1cc(Cl)nnc1Cl.CC(C)c1cc(Oc2c(Br)cc(CC(=O)O)cc2Br)nnc1Cl.CC(C)c1cc(Oc2c(Br)cc(CCO)cc2Br)nnc1Cl.OCCc1cc(Br)c(O)c(Br)c1.OCCc1ccc(O)cc1. The van der Waals surface area contributed by atoms with Gasteiger partial charge >= 0.3 is 5.97 Å². The summed E-state index contributed by atoms with van der Waals surface area (Å²) in [7, 11) is 0. The van der Waals surface area contributed by atoms with E-state index in [1.54, 1.807) is 66.7 Å². The van der Waals surface area contributed by atoms with Crippen molar-refractivity contribution in [3.05, 3.63) is 165 Å². The lowest BCUT2D eigenvalue weighted by Crippen LogP contribution is -2.01. The third kappa shape index (κ3) is 23.3. The van der Waals surface area contributed by atoms with Gasteiger partial charge in [0.05, 0.1) is 33.3 Å². The fourth-order valence-electron chi connectivity index (χ4n) is 6.29. The number of ether oxygens (including phenoxy) is 2. The van der Waals surface area contributed by atoms with Crippen LogP contribution in [0.4, 0.5) is 0 Å². The van der Waals surface area contributed by atoms with Crippen molar-refractivity contribution in [3.63, 3.8) is 0 Å². The van der Waals surface area contributed by atoms with Crippen molar-refractivity contribution in [2.75, 3.05) is 19.8 Å². The fraction of sp³-hybridized carbons (Fsp3) is 0.302. The van der Waals surface area contributed by atoms with Gasteiger partial charge in [0.15, 0.2) is 32.1 Å². The average molecular weight is 1540 g/mol. The van der Waals surface area contributed by atoms with Gasteiger partial charge in [0.1, 0.15) is 11.5 Å². The van der Waals surface area contributed by atoms with Crippen LogP contribution in [0, 0.1) is 0 Å². The molecule has 0 unspecified atom stereocenters. The number of nitrogens with zero attached hydrogens (tertiary/aromatic N) is 6. The maximum atomic E-state index is 10.8. The number of hydrogen-bond acceptors (Lipinski definition) is 14. The Hall–Kier alpha value is -3.29. The number of aliphatic hydroxyl groups is 3. The predicted molar refractivity (Wildman–Crippen MR) is 328 cm³/mol. The Balaban J connectivity index is 0.000000268. The number of aromatic hydroxyl groups is 2. The van der Waals surface area contributed by atoms with Crippen molar-refractivity contribution in [1.82, 2.24) is 30.6 Å². The molecule has 0 saturated carbocycles. The van der Waals surface area contributed by atoms with E-state index in [2.05, 4.69) is 126 Å². The molecule has 7 aromatic rings. The molecule has 0 aliphatic carbocycles. The quantitative estimate of drug-likeness (QED) is 0.0560. The first-order valence-electron chi connectivity index (χ1n) is 23.3. The van der Waals surface area contributed by atoms with Crippen molar-refractivity contribution in [2.24, 2.45) is 0 Å². The number of aromatic nitrogens is 6. The minimum absolute atomic E-state index is 0.0737. The van der Waals surface area contributed by atoms with Crippen LogP contribution in [0.1, 0.15) is 98.2 Å². The van der Waals surface area contributed by atoms with Gasteiger partial charge in [-0.1, -0.05) is 100 Å². The highest BCUT2D eigenvalue weighted by Gasteiger charge is 2.17. The molecule has 3 aromatic heterocycles. The molecule has 0 amide bonds. The summed E-state index contributed by atoms with van der Waals surface area (Å²) in [6, 6.07) is 22.9. The molecular weight excluding hydrogens is 1490 g/mol. The third-order valence-corrected chi connectivity index (χ3v) is 14.8. The van der Waals surface area contributed by atoms with Gasteiger partial charge in [0.25, 0.3) is 0 Å². The van der Waals surface area contributed by atoms with Crippen LogP contribution in [-0.4, -0.2) is 87.0 Å². The molecule has 0 spiro atoms. The second kappa shape index (κ2) is 34.9. The van der Waals surface area contributed by atoms with E-state index in [0.29, 0.717) is 92.5 Å². The van der Waals surface area contributed by atoms with Crippen molar-refractivity contribution >= 4 is 148 Å². The summed E-state index contributed by atoms with van der Waals surface area (Å²) in [6.45, 7) is 12.5. The van der Waals surface area contributed by atoms with Crippen LogP contribution in [0.15, 0.2) is 106 Å². The van der Waals surface area contributed by atoms with E-state index in [1.165, 1.54) is 0 Å². The molecule has 78 heavy (non-hydrogen) atoms. The van der Waals surface area contributed by atoms with Gasteiger partial charge in [-0.3, -0.25) is 4.79 Å². The van der Waals surface area contributed by atoms with Crippen molar-refractivity contribution in [2.45, 2.75) is 85.0 Å². The molecule has 15 nitrogen and oxygen atoms in total. The second-order valence-electron chi connectivity index (χ2n) is 17.3. The van der Waals surface area contributed by atoms with Crippen LogP contribution in [0.3, 0.4) is 0 Å². The molecule has 0 radical (unpaired) electrons. The Morgan fingerprint density at radius 2 is 0.808 bits per heavy atom. The second-order valence-corrected chi connectivity index (χ2v) is 23.9. The molecule has 7 rings (SSSR count). The summed E-state index contributed by atoms with van der Waals surface area (Å²) in [4.78, 5) is 10.8. The van der Waals surface area contributed by atoms with Crippen molar-refractivity contribution in [3.8, 4) is 34.8 Å². The van der Waals surface area contributed by atoms with Gasteiger partial charge in [-0.15, -0.1) is 30.6 Å². The zero-order valence-electron chi connectivity index (χ0n) is 42.6. The zero-order valence-corrected chi connectivity index (χ0v) is 55.1. The number of hydrogen-bond donors (Lipinski definition) is 6. The Morgan fingerprint density at radius 3 is 1.15 bits per heavy atom. The number of rotatable bonds is 15. The number of aliphatic hydroxyl groups excluding tert-OH is 3. The number of carbonyl (C=O) groups is 1. The highest BCUT2D eigenvalue weighted by molar-refractivity contribution is 9.12. The number of carboxylic acids is 1. The van der Waals surface area contributed by atoms with Gasteiger partial charge in [-0.05, 0) is 226 Å². The summed E-state index contributed by atoms with van der Waals surface area (Å²) >= 11 is 43.6. The number of halogens is 10. The topological polar surface area (TPSA) is 234 Å². The Morgan fingerprint density at radius 1 is 0.474 bits per heavy atom. The molecule has 6 N–H and O–H groups in total. The van der Waals surface area contributed by atoms with Gasteiger partial charge in [-0.25, -0.2) is 0 Å². The summed E-state index contributed by atoms with van der Waals surface area (Å²) in [6.07, 6.45) is 1.75. The molecule has 25 heteroatoms. The standard InChI is InChI=1S/C15H13Br2ClN2O3.C15H15Br2ClN2O2.C8H8Br2O2.C8H10O2.C7H8Cl2N2/c1-7(2)9-6-12(19-20-15(9)18)23-14-10(16)3-8(4-11(14)17)5-13(21)22;1-8(2)10-7-13(19-20-15(10)18)22-14-11(16)5-9(3-4-21)6-12(14)17;9-6-3-5(1-2-11)4-7(10)8(6)12;9-6-5-7-1-3-8(10)4-2-7;1-4(2)5-3-6(8)10-11-7(5)9/h3-4,6-7H,5H2,1-2H3,(H,21,22);5-8,21H,3-4H2,1-2H3;3-4,11-12H,1-2H2;1-4,9-10H,5-6H2;3-4H,1-2H3. The summed E-state index contributed by atoms with van der Waals surface area (Å²) < 4.78 is 15.7. The van der Waals surface area contributed by atoms with Crippen molar-refractivity contribution < 1.29 is 44.9 Å². The van der Waals surface area contributed by atoms with Crippen LogP contribution in [0.25, 0.3) is 0 Å². The molecule has 0 atom stereocenters. The minimum Gasteiger partial charge on any atom is -0.508 e.